The number of ether oxygens (including phenoxy) is 1. The molecule has 1 unspecified atom stereocenters. The molecule has 0 bridgehead atoms. The third kappa shape index (κ3) is 4.46. The molecule has 0 saturated carbocycles. The molecule has 0 spiro atoms. The van der Waals surface area contributed by atoms with Crippen LogP contribution in [0, 0.1) is 0 Å². The summed E-state index contributed by atoms with van der Waals surface area (Å²) in [6.45, 7) is 6.27. The lowest BCUT2D eigenvalue weighted by molar-refractivity contribution is 0.0564. The van der Waals surface area contributed by atoms with Gasteiger partial charge in [-0.1, -0.05) is 0 Å². The van der Waals surface area contributed by atoms with E-state index >= 15 is 0 Å². The van der Waals surface area contributed by atoms with Gasteiger partial charge in [0.05, 0.1) is 18.9 Å². The number of aryl methyl sites for hydroxylation is 1. The molecule has 0 aliphatic heterocycles. The van der Waals surface area contributed by atoms with Gasteiger partial charge in [0.1, 0.15) is 0 Å². The van der Waals surface area contributed by atoms with E-state index < -0.39 is 0 Å². The molecule has 0 fully saturated rings. The van der Waals surface area contributed by atoms with Gasteiger partial charge in [-0.15, -0.1) is 0 Å². The van der Waals surface area contributed by atoms with E-state index in [1.807, 2.05) is 33.3 Å². The Morgan fingerprint density at radius 3 is 2.71 bits per heavy atom. The van der Waals surface area contributed by atoms with E-state index in [0.29, 0.717) is 6.54 Å². The number of hydrogen-bond donors (Lipinski definition) is 1. The Bertz CT molecular complexity index is 324. The van der Waals surface area contributed by atoms with Crippen LogP contribution in [0.2, 0.25) is 0 Å². The normalized spacial score (nSPS) is 13.6. The van der Waals surface area contributed by atoms with Gasteiger partial charge in [0, 0.05) is 37.9 Å². The van der Waals surface area contributed by atoms with Crippen LogP contribution in [-0.4, -0.2) is 47.5 Å². The minimum Gasteiger partial charge on any atom is -0.377 e. The maximum Gasteiger partial charge on any atom is 0.0597 e. The van der Waals surface area contributed by atoms with Crippen molar-refractivity contribution < 1.29 is 4.74 Å². The Morgan fingerprint density at radius 1 is 1.53 bits per heavy atom. The van der Waals surface area contributed by atoms with Gasteiger partial charge in [-0.3, -0.25) is 9.58 Å². The first-order chi connectivity index (χ1) is 8.04. The van der Waals surface area contributed by atoms with Crippen LogP contribution in [0.1, 0.15) is 25.5 Å². The fraction of sp³-hybridized carbons (Fsp3) is 0.750. The zero-order valence-electron chi connectivity index (χ0n) is 11.3. The zero-order chi connectivity index (χ0) is 12.8. The number of rotatable bonds is 7. The van der Waals surface area contributed by atoms with Crippen molar-refractivity contribution in [2.75, 3.05) is 26.7 Å². The highest BCUT2D eigenvalue weighted by Crippen LogP contribution is 2.16. The van der Waals surface area contributed by atoms with Gasteiger partial charge in [0.15, 0.2) is 0 Å². The Kier molecular flexibility index (Phi) is 5.61. The highest BCUT2D eigenvalue weighted by atomic mass is 16.5. The third-order valence-electron chi connectivity index (χ3n) is 2.76. The quantitative estimate of drug-likeness (QED) is 0.765. The van der Waals surface area contributed by atoms with E-state index in [0.717, 1.165) is 18.7 Å². The molecule has 0 amide bonds. The van der Waals surface area contributed by atoms with Crippen molar-refractivity contribution in [1.29, 1.82) is 0 Å². The molecule has 0 aromatic carbocycles. The van der Waals surface area contributed by atoms with Crippen LogP contribution in [-0.2, 0) is 11.8 Å². The van der Waals surface area contributed by atoms with Gasteiger partial charge in [0.25, 0.3) is 0 Å². The Morgan fingerprint density at radius 2 is 2.24 bits per heavy atom. The first-order valence-corrected chi connectivity index (χ1v) is 6.05. The summed E-state index contributed by atoms with van der Waals surface area (Å²) in [4.78, 5) is 2.21. The average Bonchev–Trinajstić information content (AvgIpc) is 2.65. The molecular weight excluding hydrogens is 216 g/mol. The van der Waals surface area contributed by atoms with Crippen molar-refractivity contribution in [2.24, 2.45) is 12.8 Å². The van der Waals surface area contributed by atoms with Crippen molar-refractivity contribution in [1.82, 2.24) is 14.7 Å². The molecule has 0 radical (unpaired) electrons. The van der Waals surface area contributed by atoms with Crippen LogP contribution in [0.3, 0.4) is 0 Å². The fourth-order valence-corrected chi connectivity index (χ4v) is 1.77. The summed E-state index contributed by atoms with van der Waals surface area (Å²) < 4.78 is 7.35. The van der Waals surface area contributed by atoms with E-state index in [9.17, 15) is 0 Å². The zero-order valence-corrected chi connectivity index (χ0v) is 11.3. The Hall–Kier alpha value is -0.910. The summed E-state index contributed by atoms with van der Waals surface area (Å²) in [7, 11) is 3.98. The van der Waals surface area contributed by atoms with Gasteiger partial charge >= 0.3 is 0 Å². The summed E-state index contributed by atoms with van der Waals surface area (Å²) in [6, 6.07) is 0.208. The van der Waals surface area contributed by atoms with Gasteiger partial charge in [-0.25, -0.2) is 0 Å². The molecule has 17 heavy (non-hydrogen) atoms. The van der Waals surface area contributed by atoms with Gasteiger partial charge in [-0.2, -0.15) is 5.10 Å². The SMILES string of the molecule is CC(C)OCCN(C)C(CN)c1cnn(C)c1. The average molecular weight is 240 g/mol. The lowest BCUT2D eigenvalue weighted by atomic mass is 10.1. The van der Waals surface area contributed by atoms with Gasteiger partial charge < -0.3 is 10.5 Å². The predicted octanol–water partition coefficient (Wildman–Crippen LogP) is 0.777. The predicted molar refractivity (Wildman–Crippen MR) is 68.7 cm³/mol. The second-order valence-corrected chi connectivity index (χ2v) is 4.60. The molecule has 1 rings (SSSR count). The minimum absolute atomic E-state index is 0.208. The van der Waals surface area contributed by atoms with E-state index in [1.165, 1.54) is 0 Å². The van der Waals surface area contributed by atoms with Gasteiger partial charge in [-0.05, 0) is 20.9 Å². The summed E-state index contributed by atoms with van der Waals surface area (Å²) in [5, 5.41) is 4.18. The molecule has 2 N–H and O–H groups in total. The molecular formula is C12H24N4O. The summed E-state index contributed by atoms with van der Waals surface area (Å²) in [6.07, 6.45) is 4.16. The van der Waals surface area contributed by atoms with Gasteiger partial charge in [0.2, 0.25) is 0 Å². The smallest absolute Gasteiger partial charge is 0.0597 e. The van der Waals surface area contributed by atoms with Crippen molar-refractivity contribution in [3.05, 3.63) is 18.0 Å². The van der Waals surface area contributed by atoms with Crippen LogP contribution in [0.15, 0.2) is 12.4 Å². The van der Waals surface area contributed by atoms with E-state index in [2.05, 4.69) is 17.0 Å². The second-order valence-electron chi connectivity index (χ2n) is 4.60. The van der Waals surface area contributed by atoms with Crippen LogP contribution < -0.4 is 5.73 Å². The summed E-state index contributed by atoms with van der Waals surface area (Å²) in [5.74, 6) is 0. The van der Waals surface area contributed by atoms with E-state index in [1.54, 1.807) is 4.68 Å². The number of nitrogens with zero attached hydrogens (tertiary/aromatic N) is 3. The third-order valence-corrected chi connectivity index (χ3v) is 2.76. The van der Waals surface area contributed by atoms with Crippen LogP contribution in [0.25, 0.3) is 0 Å². The lowest BCUT2D eigenvalue weighted by Gasteiger charge is -2.26. The monoisotopic (exact) mass is 240 g/mol. The lowest BCUT2D eigenvalue weighted by Crippen LogP contribution is -2.33. The first kappa shape index (κ1) is 14.2. The molecule has 0 aliphatic carbocycles. The molecule has 1 atom stereocenters. The van der Waals surface area contributed by atoms with Crippen LogP contribution >= 0.6 is 0 Å². The van der Waals surface area contributed by atoms with Crippen LogP contribution in [0.4, 0.5) is 0 Å². The van der Waals surface area contributed by atoms with Crippen molar-refractivity contribution >= 4 is 0 Å². The van der Waals surface area contributed by atoms with E-state index in [-0.39, 0.29) is 12.1 Å². The highest BCUT2D eigenvalue weighted by molar-refractivity contribution is 5.10. The topological polar surface area (TPSA) is 56.3 Å². The maximum absolute atomic E-state index is 5.83. The molecule has 1 heterocycles. The Balaban J connectivity index is 2.49. The molecule has 1 aromatic heterocycles. The fourth-order valence-electron chi connectivity index (χ4n) is 1.77. The standard InChI is InChI=1S/C12H24N4O/c1-10(2)17-6-5-15(3)12(7-13)11-8-14-16(4)9-11/h8-10,12H,5-7,13H2,1-4H3. The molecule has 5 heteroatoms. The minimum atomic E-state index is 0.208. The van der Waals surface area contributed by atoms with Crippen molar-refractivity contribution in [3.8, 4) is 0 Å². The van der Waals surface area contributed by atoms with E-state index in [4.69, 9.17) is 10.5 Å². The first-order valence-electron chi connectivity index (χ1n) is 6.05. The molecule has 0 saturated heterocycles. The Labute approximate surface area is 104 Å². The summed E-state index contributed by atoms with van der Waals surface area (Å²) >= 11 is 0. The maximum atomic E-state index is 5.83. The highest BCUT2D eigenvalue weighted by Gasteiger charge is 2.16. The molecule has 0 aliphatic rings. The molecule has 5 nitrogen and oxygen atoms in total. The van der Waals surface area contributed by atoms with Crippen molar-refractivity contribution in [2.45, 2.75) is 26.0 Å². The number of hydrogen-bond acceptors (Lipinski definition) is 4. The number of likely N-dealkylation sites (N-methyl/N-ethyl adjacent to an activating group) is 1. The largest absolute Gasteiger partial charge is 0.377 e. The molecule has 1 aromatic rings. The number of nitrogens with two attached hydrogens (primary N) is 1. The summed E-state index contributed by atoms with van der Waals surface area (Å²) in [5.41, 5.74) is 6.98. The van der Waals surface area contributed by atoms with Crippen molar-refractivity contribution in [3.63, 3.8) is 0 Å². The second kappa shape index (κ2) is 6.74. The van der Waals surface area contributed by atoms with Crippen LogP contribution in [0.5, 0.6) is 0 Å². The molecule has 98 valence electrons. The number of aromatic nitrogens is 2.